The monoisotopic (exact) mass is 584 g/mol. The van der Waals surface area contributed by atoms with Crippen molar-refractivity contribution in [1.29, 1.82) is 0 Å². The van der Waals surface area contributed by atoms with Gasteiger partial charge < -0.3 is 15.2 Å². The molecule has 1 aliphatic carbocycles. The molecule has 0 saturated carbocycles. The first-order valence-electron chi connectivity index (χ1n) is 11.3. The number of fused-ring (bicyclic) bond motifs is 3. The molecule has 3 N–H and O–H groups in total. The fourth-order valence-corrected chi connectivity index (χ4v) is 4.93. The van der Waals surface area contributed by atoms with Crippen molar-refractivity contribution < 1.29 is 24.2 Å². The van der Waals surface area contributed by atoms with Crippen LogP contribution >= 0.6 is 22.6 Å². The number of anilines is 1. The lowest BCUT2D eigenvalue weighted by Gasteiger charge is -2.16. The molecule has 0 bridgehead atoms. The molecule has 2 amide bonds. The first kappa shape index (κ1) is 24.7. The van der Waals surface area contributed by atoms with Crippen molar-refractivity contribution in [1.82, 2.24) is 5.32 Å². The number of halogens is 1. The number of amides is 2. The molecular formula is C27H25IN2O5. The molecule has 0 fully saturated rings. The van der Waals surface area contributed by atoms with Gasteiger partial charge in [0.05, 0.1) is 12.1 Å². The minimum absolute atomic E-state index is 0.0318. The number of aliphatic carboxylic acids is 1. The maximum absolute atomic E-state index is 12.6. The smallest absolute Gasteiger partial charge is 0.411 e. The van der Waals surface area contributed by atoms with Crippen LogP contribution in [-0.2, 0) is 9.53 Å². The van der Waals surface area contributed by atoms with Crippen LogP contribution < -0.4 is 10.6 Å². The first-order chi connectivity index (χ1) is 16.9. The summed E-state index contributed by atoms with van der Waals surface area (Å²) in [5.41, 5.74) is 5.51. The molecule has 0 spiro atoms. The number of hydrogen-bond acceptors (Lipinski definition) is 4. The summed E-state index contributed by atoms with van der Waals surface area (Å²) in [7, 11) is 0. The van der Waals surface area contributed by atoms with Crippen molar-refractivity contribution >= 4 is 46.2 Å². The largest absolute Gasteiger partial charge is 0.481 e. The van der Waals surface area contributed by atoms with Gasteiger partial charge in [0.15, 0.2) is 0 Å². The van der Waals surface area contributed by atoms with E-state index in [0.717, 1.165) is 22.3 Å². The lowest BCUT2D eigenvalue weighted by Crippen LogP contribution is -2.36. The molecule has 0 heterocycles. The average Bonchev–Trinajstić information content (AvgIpc) is 3.17. The van der Waals surface area contributed by atoms with Crippen LogP contribution in [0.25, 0.3) is 11.1 Å². The number of rotatable bonds is 8. The number of ether oxygens (including phenoxy) is 1. The standard InChI is InChI=1S/C27H25IN2O5/c1-2-17(14-25(31)32)29-26(33)16-11-12-24(23(28)13-16)30-27(34)35-15-22-20-9-5-3-7-18(20)19-8-4-6-10-21(19)22/h3-13,17,22H,2,14-15H2,1H3,(H,29,33)(H,30,34)(H,31,32). The topological polar surface area (TPSA) is 105 Å². The molecular weight excluding hydrogens is 559 g/mol. The second kappa shape index (κ2) is 10.9. The van der Waals surface area contributed by atoms with Crippen LogP contribution in [0.2, 0.25) is 0 Å². The summed E-state index contributed by atoms with van der Waals surface area (Å²) in [5.74, 6) is -1.35. The Morgan fingerprint density at radius 3 is 2.20 bits per heavy atom. The van der Waals surface area contributed by atoms with E-state index in [1.807, 2.05) is 53.8 Å². The molecule has 1 atom stereocenters. The van der Waals surface area contributed by atoms with Gasteiger partial charge >= 0.3 is 12.1 Å². The van der Waals surface area contributed by atoms with E-state index in [1.165, 1.54) is 0 Å². The summed E-state index contributed by atoms with van der Waals surface area (Å²) in [4.78, 5) is 36.0. The number of nitrogens with one attached hydrogen (secondary N) is 2. The van der Waals surface area contributed by atoms with Crippen LogP contribution in [0.3, 0.4) is 0 Å². The lowest BCUT2D eigenvalue weighted by molar-refractivity contribution is -0.137. The highest BCUT2D eigenvalue weighted by molar-refractivity contribution is 14.1. The van der Waals surface area contributed by atoms with E-state index >= 15 is 0 Å². The summed E-state index contributed by atoms with van der Waals surface area (Å²) in [6.07, 6.45) is -0.202. The summed E-state index contributed by atoms with van der Waals surface area (Å²) < 4.78 is 6.25. The second-order valence-electron chi connectivity index (χ2n) is 8.32. The van der Waals surface area contributed by atoms with E-state index in [1.54, 1.807) is 18.2 Å². The van der Waals surface area contributed by atoms with Gasteiger partial charge in [-0.3, -0.25) is 14.9 Å². The molecule has 1 aliphatic rings. The number of carboxylic acid groups (broad SMARTS) is 1. The van der Waals surface area contributed by atoms with Crippen LogP contribution in [0.15, 0.2) is 66.7 Å². The van der Waals surface area contributed by atoms with Crippen molar-refractivity contribution in [3.63, 3.8) is 0 Å². The number of carbonyl (C=O) groups excluding carboxylic acids is 2. The molecule has 1 unspecified atom stereocenters. The van der Waals surface area contributed by atoms with Gasteiger partial charge in [0.1, 0.15) is 6.61 Å². The Morgan fingerprint density at radius 1 is 1.00 bits per heavy atom. The molecule has 4 rings (SSSR count). The third kappa shape index (κ3) is 5.64. The Hall–Kier alpha value is -3.40. The maximum Gasteiger partial charge on any atom is 0.411 e. The lowest BCUT2D eigenvalue weighted by atomic mass is 9.98. The highest BCUT2D eigenvalue weighted by Crippen LogP contribution is 2.44. The Balaban J connectivity index is 1.38. The van der Waals surface area contributed by atoms with Gasteiger partial charge in [-0.05, 0) is 69.5 Å². The predicted molar refractivity (Wildman–Crippen MR) is 142 cm³/mol. The van der Waals surface area contributed by atoms with Crippen molar-refractivity contribution in [3.05, 3.63) is 87.0 Å². The van der Waals surface area contributed by atoms with E-state index in [-0.39, 0.29) is 24.9 Å². The Bertz CT molecular complexity index is 1230. The third-order valence-corrected chi connectivity index (χ3v) is 6.95. The molecule has 3 aromatic rings. The minimum Gasteiger partial charge on any atom is -0.481 e. The molecule has 0 aromatic heterocycles. The molecule has 0 radical (unpaired) electrons. The molecule has 0 aliphatic heterocycles. The Kier molecular flexibility index (Phi) is 7.70. The molecule has 8 heteroatoms. The molecule has 7 nitrogen and oxygen atoms in total. The van der Waals surface area contributed by atoms with E-state index < -0.39 is 18.1 Å². The normalized spacial score (nSPS) is 12.9. The average molecular weight is 584 g/mol. The second-order valence-corrected chi connectivity index (χ2v) is 9.48. The quantitative estimate of drug-likeness (QED) is 0.298. The van der Waals surface area contributed by atoms with Gasteiger partial charge in [0.2, 0.25) is 0 Å². The number of hydrogen-bond donors (Lipinski definition) is 3. The van der Waals surface area contributed by atoms with Crippen LogP contribution in [-0.4, -0.2) is 35.7 Å². The van der Waals surface area contributed by atoms with Crippen molar-refractivity contribution in [2.75, 3.05) is 11.9 Å². The van der Waals surface area contributed by atoms with Gasteiger partial charge in [-0.15, -0.1) is 0 Å². The van der Waals surface area contributed by atoms with Crippen LogP contribution in [0.1, 0.15) is 47.2 Å². The predicted octanol–water partition coefficient (Wildman–Crippen LogP) is 5.64. The number of carbonyl (C=O) groups is 3. The minimum atomic E-state index is -0.964. The first-order valence-corrected chi connectivity index (χ1v) is 12.4. The van der Waals surface area contributed by atoms with Crippen LogP contribution in [0.4, 0.5) is 10.5 Å². The zero-order valence-electron chi connectivity index (χ0n) is 19.1. The maximum atomic E-state index is 12.6. The number of benzene rings is 3. The SMILES string of the molecule is CCC(CC(=O)O)NC(=O)c1ccc(NC(=O)OCC2c3ccccc3-c3ccccc32)c(I)c1. The van der Waals surface area contributed by atoms with E-state index in [0.29, 0.717) is 21.2 Å². The Morgan fingerprint density at radius 2 is 1.63 bits per heavy atom. The highest BCUT2D eigenvalue weighted by atomic mass is 127. The molecule has 3 aromatic carbocycles. The van der Waals surface area contributed by atoms with Crippen LogP contribution in [0.5, 0.6) is 0 Å². The van der Waals surface area contributed by atoms with Gasteiger partial charge in [-0.25, -0.2) is 4.79 Å². The van der Waals surface area contributed by atoms with Crippen molar-refractivity contribution in [3.8, 4) is 11.1 Å². The van der Waals surface area contributed by atoms with E-state index in [2.05, 4.69) is 34.9 Å². The van der Waals surface area contributed by atoms with Gasteiger partial charge in [0.25, 0.3) is 5.91 Å². The highest BCUT2D eigenvalue weighted by Gasteiger charge is 2.29. The summed E-state index contributed by atoms with van der Waals surface area (Å²) in [6, 6.07) is 20.7. The molecule has 180 valence electrons. The van der Waals surface area contributed by atoms with Gasteiger partial charge in [-0.1, -0.05) is 55.5 Å². The summed E-state index contributed by atoms with van der Waals surface area (Å²) >= 11 is 2.04. The fraction of sp³-hybridized carbons (Fsp3) is 0.222. The third-order valence-electron chi connectivity index (χ3n) is 6.06. The van der Waals surface area contributed by atoms with Crippen LogP contribution in [0, 0.1) is 3.57 Å². The summed E-state index contributed by atoms with van der Waals surface area (Å²) in [6.45, 7) is 2.03. The van der Waals surface area contributed by atoms with Crippen molar-refractivity contribution in [2.24, 2.45) is 0 Å². The molecule has 0 saturated heterocycles. The number of carboxylic acids is 1. The zero-order chi connectivity index (χ0) is 24.9. The zero-order valence-corrected chi connectivity index (χ0v) is 21.2. The Labute approximate surface area is 217 Å². The van der Waals surface area contributed by atoms with Crippen molar-refractivity contribution in [2.45, 2.75) is 31.7 Å². The van der Waals surface area contributed by atoms with Gasteiger partial charge in [0, 0.05) is 21.1 Å². The molecule has 35 heavy (non-hydrogen) atoms. The summed E-state index contributed by atoms with van der Waals surface area (Å²) in [5, 5.41) is 14.5. The van der Waals surface area contributed by atoms with E-state index in [9.17, 15) is 14.4 Å². The van der Waals surface area contributed by atoms with E-state index in [4.69, 9.17) is 9.84 Å². The van der Waals surface area contributed by atoms with Gasteiger partial charge in [-0.2, -0.15) is 0 Å². The fourth-order valence-electron chi connectivity index (χ4n) is 4.28.